The van der Waals surface area contributed by atoms with Crippen LogP contribution in [0.1, 0.15) is 54.7 Å². The molecule has 0 heterocycles. The van der Waals surface area contributed by atoms with Gasteiger partial charge in [-0.25, -0.2) is 0 Å². The van der Waals surface area contributed by atoms with Crippen LogP contribution in [0.3, 0.4) is 0 Å². The molecule has 22 heavy (non-hydrogen) atoms. The number of benzene rings is 2. The van der Waals surface area contributed by atoms with Crippen LogP contribution in [-0.2, 0) is 6.42 Å². The van der Waals surface area contributed by atoms with Crippen LogP contribution in [0.5, 0.6) is 0 Å². The lowest BCUT2D eigenvalue weighted by atomic mass is 9.92. The molecule has 2 aromatic rings. The van der Waals surface area contributed by atoms with Gasteiger partial charge in [0, 0.05) is 5.92 Å². The lowest BCUT2D eigenvalue weighted by molar-refractivity contribution is 0.443. The summed E-state index contributed by atoms with van der Waals surface area (Å²) in [4.78, 5) is 5.25. The molecule has 112 valence electrons. The van der Waals surface area contributed by atoms with Gasteiger partial charge in [-0.15, -0.1) is 0 Å². The molecule has 0 aliphatic heterocycles. The Bertz CT molecular complexity index is 665. The summed E-state index contributed by atoms with van der Waals surface area (Å²) in [5, 5.41) is 0. The molecule has 0 radical (unpaired) electrons. The quantitative estimate of drug-likeness (QED) is 0.725. The van der Waals surface area contributed by atoms with E-state index >= 15 is 0 Å². The van der Waals surface area contributed by atoms with Gasteiger partial charge in [-0.1, -0.05) is 73.9 Å². The van der Waals surface area contributed by atoms with Gasteiger partial charge < -0.3 is 0 Å². The van der Waals surface area contributed by atoms with Crippen LogP contribution in [0.25, 0.3) is 0 Å². The molecule has 1 heteroatoms. The molecule has 2 aromatic carbocycles. The lowest BCUT2D eigenvalue weighted by Crippen LogP contribution is -2.16. The van der Waals surface area contributed by atoms with Gasteiger partial charge in [0.25, 0.3) is 0 Å². The summed E-state index contributed by atoms with van der Waals surface area (Å²) in [5.41, 5.74) is 5.61. The molecule has 0 amide bonds. The first-order chi connectivity index (χ1) is 10.9. The van der Waals surface area contributed by atoms with Gasteiger partial charge in [0.2, 0.25) is 0 Å². The van der Waals surface area contributed by atoms with Crippen LogP contribution in [0.4, 0.5) is 0 Å². The number of hydrogen-bond donors (Lipinski definition) is 0. The summed E-state index contributed by atoms with van der Waals surface area (Å²) < 4.78 is 0. The smallest absolute Gasteiger partial charge is 0.0504 e. The highest BCUT2D eigenvalue weighted by molar-refractivity contribution is 6.09. The van der Waals surface area contributed by atoms with Crippen molar-refractivity contribution >= 4 is 5.71 Å². The summed E-state index contributed by atoms with van der Waals surface area (Å²) in [6, 6.07) is 20.3. The third-order valence-electron chi connectivity index (χ3n) is 5.15. The van der Waals surface area contributed by atoms with Gasteiger partial charge >= 0.3 is 0 Å². The number of fused-ring (bicyclic) bond motifs is 1. The molecule has 2 aliphatic carbocycles. The molecular weight excluding hydrogens is 266 g/mol. The Kier molecular flexibility index (Phi) is 3.80. The minimum atomic E-state index is 0.445. The van der Waals surface area contributed by atoms with Crippen molar-refractivity contribution in [1.29, 1.82) is 0 Å². The van der Waals surface area contributed by atoms with E-state index in [4.69, 9.17) is 4.99 Å². The van der Waals surface area contributed by atoms with Gasteiger partial charge in [-0.05, 0) is 36.0 Å². The number of hydrogen-bond acceptors (Lipinski definition) is 1. The Hall–Kier alpha value is -1.89. The van der Waals surface area contributed by atoms with Crippen molar-refractivity contribution in [3.05, 3.63) is 71.3 Å². The monoisotopic (exact) mass is 289 g/mol. The van der Waals surface area contributed by atoms with Crippen LogP contribution in [0.15, 0.2) is 59.6 Å². The molecule has 0 spiro atoms. The Morgan fingerprint density at radius 3 is 2.32 bits per heavy atom. The predicted molar refractivity (Wildman–Crippen MR) is 92.7 cm³/mol. The topological polar surface area (TPSA) is 12.4 Å². The van der Waals surface area contributed by atoms with Crippen molar-refractivity contribution in [2.75, 3.05) is 0 Å². The van der Waals surface area contributed by atoms with Crippen molar-refractivity contribution in [3.8, 4) is 0 Å². The number of rotatable bonds is 2. The molecule has 0 aromatic heterocycles. The highest BCUT2D eigenvalue weighted by atomic mass is 14.8. The second kappa shape index (κ2) is 6.08. The van der Waals surface area contributed by atoms with Gasteiger partial charge in [0.1, 0.15) is 0 Å². The van der Waals surface area contributed by atoms with Crippen molar-refractivity contribution in [3.63, 3.8) is 0 Å². The van der Waals surface area contributed by atoms with Gasteiger partial charge in [-0.3, -0.25) is 4.99 Å². The maximum atomic E-state index is 5.25. The summed E-state index contributed by atoms with van der Waals surface area (Å²) in [6.45, 7) is 0. The highest BCUT2D eigenvalue weighted by Gasteiger charge is 2.30. The molecule has 1 atom stereocenters. The van der Waals surface area contributed by atoms with Crippen molar-refractivity contribution in [2.24, 2.45) is 4.99 Å². The third kappa shape index (κ3) is 2.61. The second-order valence-electron chi connectivity index (χ2n) is 6.63. The van der Waals surface area contributed by atoms with Crippen molar-refractivity contribution in [1.82, 2.24) is 0 Å². The fourth-order valence-electron chi connectivity index (χ4n) is 3.98. The molecule has 1 fully saturated rings. The van der Waals surface area contributed by atoms with Crippen LogP contribution in [0, 0.1) is 0 Å². The first-order valence-corrected chi connectivity index (χ1v) is 8.63. The zero-order valence-electron chi connectivity index (χ0n) is 13.0. The minimum absolute atomic E-state index is 0.445. The largest absolute Gasteiger partial charge is 0.285 e. The molecule has 1 unspecified atom stereocenters. The summed E-state index contributed by atoms with van der Waals surface area (Å²) >= 11 is 0. The maximum Gasteiger partial charge on any atom is 0.0504 e. The summed E-state index contributed by atoms with van der Waals surface area (Å²) in [7, 11) is 0. The van der Waals surface area contributed by atoms with Crippen LogP contribution >= 0.6 is 0 Å². The zero-order chi connectivity index (χ0) is 14.8. The van der Waals surface area contributed by atoms with E-state index in [1.165, 1.54) is 54.5 Å². The summed E-state index contributed by atoms with van der Waals surface area (Å²) in [5.74, 6) is 0.445. The van der Waals surface area contributed by atoms with E-state index in [9.17, 15) is 0 Å². The van der Waals surface area contributed by atoms with E-state index in [-0.39, 0.29) is 0 Å². The van der Waals surface area contributed by atoms with Gasteiger partial charge in [0.05, 0.1) is 11.8 Å². The van der Waals surface area contributed by atoms with Crippen molar-refractivity contribution < 1.29 is 0 Å². The molecule has 0 N–H and O–H groups in total. The van der Waals surface area contributed by atoms with E-state index in [2.05, 4.69) is 54.6 Å². The predicted octanol–water partition coefficient (Wildman–Crippen LogP) is 5.15. The van der Waals surface area contributed by atoms with Crippen molar-refractivity contribution in [2.45, 2.75) is 50.5 Å². The molecule has 1 saturated carbocycles. The second-order valence-corrected chi connectivity index (χ2v) is 6.63. The molecule has 1 nitrogen and oxygen atoms in total. The minimum Gasteiger partial charge on any atom is -0.285 e. The third-order valence-corrected chi connectivity index (χ3v) is 5.15. The molecule has 0 saturated heterocycles. The highest BCUT2D eigenvalue weighted by Crippen LogP contribution is 2.35. The molecule has 2 aliphatic rings. The molecular formula is C21H23N. The standard InChI is InChI=1S/C21H23N/c1-3-9-16(10-4-1)20-15-17-11-7-8-14-19(17)21(20)22-18-12-5-2-6-13-18/h1,3-4,7-11,14,18,20H,2,5-6,12-13,15H2. The average molecular weight is 289 g/mol. The zero-order valence-corrected chi connectivity index (χ0v) is 13.0. The lowest BCUT2D eigenvalue weighted by Gasteiger charge is -2.21. The average Bonchev–Trinajstić information content (AvgIpc) is 2.95. The molecule has 4 rings (SSSR count). The van der Waals surface area contributed by atoms with Crippen LogP contribution < -0.4 is 0 Å². The molecule has 0 bridgehead atoms. The van der Waals surface area contributed by atoms with Crippen LogP contribution in [0.2, 0.25) is 0 Å². The fourth-order valence-corrected chi connectivity index (χ4v) is 3.98. The van der Waals surface area contributed by atoms with E-state index < -0.39 is 0 Å². The Balaban J connectivity index is 1.74. The Morgan fingerprint density at radius 2 is 1.50 bits per heavy atom. The van der Waals surface area contributed by atoms with Crippen LogP contribution in [-0.4, -0.2) is 11.8 Å². The number of nitrogens with zero attached hydrogens (tertiary/aromatic N) is 1. The van der Waals surface area contributed by atoms with E-state index in [1.54, 1.807) is 0 Å². The first-order valence-electron chi connectivity index (χ1n) is 8.63. The maximum absolute atomic E-state index is 5.25. The number of aliphatic imine (C=N–C) groups is 1. The Morgan fingerprint density at radius 1 is 0.773 bits per heavy atom. The SMILES string of the molecule is c1ccc(C2Cc3ccccc3C2=NC2CCCCC2)cc1. The first kappa shape index (κ1) is 13.8. The fraction of sp³-hybridized carbons (Fsp3) is 0.381. The van der Waals surface area contributed by atoms with E-state index in [0.29, 0.717) is 12.0 Å². The van der Waals surface area contributed by atoms with Gasteiger partial charge in [0.15, 0.2) is 0 Å². The van der Waals surface area contributed by atoms with E-state index in [0.717, 1.165) is 6.42 Å². The normalized spacial score (nSPS) is 23.6. The van der Waals surface area contributed by atoms with E-state index in [1.807, 2.05) is 0 Å². The summed E-state index contributed by atoms with van der Waals surface area (Å²) in [6.07, 6.45) is 7.73. The Labute approximate surface area is 133 Å². The van der Waals surface area contributed by atoms with Gasteiger partial charge in [-0.2, -0.15) is 0 Å².